The van der Waals surface area contributed by atoms with E-state index in [1.807, 2.05) is 24.3 Å². The lowest BCUT2D eigenvalue weighted by Gasteiger charge is -2.08. The number of nitrogens with zero attached hydrogens (tertiary/aromatic N) is 3. The minimum absolute atomic E-state index is 0.127. The molecular weight excluding hydrogens is 290 g/mol. The lowest BCUT2D eigenvalue weighted by molar-refractivity contribution is 0.322. The minimum Gasteiger partial charge on any atom is -0.497 e. The molecular formula is C13H17N5O2S. The number of benzene rings is 1. The van der Waals surface area contributed by atoms with Crippen LogP contribution in [0.2, 0.25) is 0 Å². The third-order valence-corrected chi connectivity index (χ3v) is 3.45. The standard InChI is InChI=1S/C13H17N5O2S/c1-20-10-4-2-9(3-5-10)15-13-17-11(8-21-7-6-19)16-12(14)18-13/h2-5,19H,6-8H2,1H3,(H3,14,15,16,17,18). The van der Waals surface area contributed by atoms with Crippen molar-refractivity contribution in [1.29, 1.82) is 0 Å². The Balaban J connectivity index is 2.07. The molecule has 0 aliphatic rings. The fourth-order valence-corrected chi connectivity index (χ4v) is 2.17. The fraction of sp³-hybridized carbons (Fsp3) is 0.308. The molecule has 1 aromatic carbocycles. The maximum absolute atomic E-state index is 8.77. The van der Waals surface area contributed by atoms with Gasteiger partial charge >= 0.3 is 0 Å². The average Bonchev–Trinajstić information content (AvgIpc) is 2.48. The molecule has 0 saturated carbocycles. The van der Waals surface area contributed by atoms with Gasteiger partial charge in [-0.15, -0.1) is 0 Å². The molecule has 0 fully saturated rings. The molecule has 0 bridgehead atoms. The predicted octanol–water partition coefficient (Wildman–Crippen LogP) is 1.43. The molecule has 4 N–H and O–H groups in total. The monoisotopic (exact) mass is 307 g/mol. The number of nitrogen functional groups attached to an aromatic ring is 1. The number of anilines is 3. The normalized spacial score (nSPS) is 10.4. The topological polar surface area (TPSA) is 106 Å². The molecule has 1 aromatic heterocycles. The van der Waals surface area contributed by atoms with E-state index in [-0.39, 0.29) is 12.6 Å². The fourth-order valence-electron chi connectivity index (χ4n) is 1.59. The largest absolute Gasteiger partial charge is 0.497 e. The van der Waals surface area contributed by atoms with Crippen molar-refractivity contribution in [1.82, 2.24) is 15.0 Å². The Morgan fingerprint density at radius 2 is 2.00 bits per heavy atom. The number of nitrogens with one attached hydrogen (secondary N) is 1. The van der Waals surface area contributed by atoms with Gasteiger partial charge in [-0.25, -0.2) is 0 Å². The van der Waals surface area contributed by atoms with Crippen molar-refractivity contribution in [2.75, 3.05) is 30.5 Å². The van der Waals surface area contributed by atoms with Crippen molar-refractivity contribution in [3.63, 3.8) is 0 Å². The summed E-state index contributed by atoms with van der Waals surface area (Å²) in [7, 11) is 1.62. The summed E-state index contributed by atoms with van der Waals surface area (Å²) in [6, 6.07) is 7.40. The maximum Gasteiger partial charge on any atom is 0.232 e. The van der Waals surface area contributed by atoms with Gasteiger partial charge in [-0.2, -0.15) is 26.7 Å². The summed E-state index contributed by atoms with van der Waals surface area (Å²) < 4.78 is 5.10. The number of ether oxygens (including phenoxy) is 1. The van der Waals surface area contributed by atoms with Gasteiger partial charge in [-0.1, -0.05) is 0 Å². The summed E-state index contributed by atoms with van der Waals surface area (Å²) in [5, 5.41) is 11.8. The molecule has 21 heavy (non-hydrogen) atoms. The maximum atomic E-state index is 8.77. The number of aliphatic hydroxyl groups is 1. The van der Waals surface area contributed by atoms with E-state index >= 15 is 0 Å². The molecule has 0 unspecified atom stereocenters. The van der Waals surface area contributed by atoms with Crippen LogP contribution in [0.5, 0.6) is 5.75 Å². The van der Waals surface area contributed by atoms with Crippen LogP contribution in [-0.4, -0.2) is 39.5 Å². The van der Waals surface area contributed by atoms with Gasteiger partial charge in [0.05, 0.1) is 19.5 Å². The highest BCUT2D eigenvalue weighted by Crippen LogP contribution is 2.18. The Labute approximate surface area is 127 Å². The van der Waals surface area contributed by atoms with Crippen LogP contribution >= 0.6 is 11.8 Å². The van der Waals surface area contributed by atoms with Gasteiger partial charge in [0.25, 0.3) is 0 Å². The Bertz CT molecular complexity index is 579. The lowest BCUT2D eigenvalue weighted by atomic mass is 10.3. The van der Waals surface area contributed by atoms with E-state index in [1.54, 1.807) is 7.11 Å². The number of methoxy groups -OCH3 is 1. The molecule has 0 aliphatic carbocycles. The number of aromatic nitrogens is 3. The number of hydrogen-bond acceptors (Lipinski definition) is 8. The zero-order valence-corrected chi connectivity index (χ0v) is 12.4. The first-order valence-corrected chi connectivity index (χ1v) is 7.47. The van der Waals surface area contributed by atoms with Gasteiger partial charge < -0.3 is 20.9 Å². The number of hydrogen-bond donors (Lipinski definition) is 3. The number of aliphatic hydroxyl groups excluding tert-OH is 1. The Morgan fingerprint density at radius 3 is 2.67 bits per heavy atom. The molecule has 0 spiro atoms. The first kappa shape index (κ1) is 15.3. The smallest absolute Gasteiger partial charge is 0.232 e. The van der Waals surface area contributed by atoms with E-state index in [4.69, 9.17) is 15.6 Å². The highest BCUT2D eigenvalue weighted by atomic mass is 32.2. The van der Waals surface area contributed by atoms with Gasteiger partial charge in [-0.05, 0) is 24.3 Å². The van der Waals surface area contributed by atoms with Gasteiger partial charge in [0, 0.05) is 11.4 Å². The Kier molecular flexibility index (Phi) is 5.59. The van der Waals surface area contributed by atoms with Gasteiger partial charge in [0.2, 0.25) is 11.9 Å². The Hall–Kier alpha value is -2.06. The second-order valence-corrected chi connectivity index (χ2v) is 5.17. The van der Waals surface area contributed by atoms with E-state index in [0.717, 1.165) is 11.4 Å². The van der Waals surface area contributed by atoms with E-state index in [2.05, 4.69) is 20.3 Å². The zero-order chi connectivity index (χ0) is 15.1. The molecule has 0 aliphatic heterocycles. The molecule has 0 saturated heterocycles. The summed E-state index contributed by atoms with van der Waals surface area (Å²) in [6.45, 7) is 0.127. The molecule has 0 atom stereocenters. The van der Waals surface area contributed by atoms with Crippen LogP contribution in [0.25, 0.3) is 0 Å². The third-order valence-electron chi connectivity index (χ3n) is 2.51. The highest BCUT2D eigenvalue weighted by molar-refractivity contribution is 7.98. The minimum atomic E-state index is 0.127. The quantitative estimate of drug-likeness (QED) is 0.660. The van der Waals surface area contributed by atoms with Gasteiger partial charge in [0.15, 0.2) is 0 Å². The molecule has 0 amide bonds. The molecule has 112 valence electrons. The van der Waals surface area contributed by atoms with Crippen LogP contribution in [0, 0.1) is 0 Å². The third kappa shape index (κ3) is 4.76. The van der Waals surface area contributed by atoms with Crippen molar-refractivity contribution in [3.8, 4) is 5.75 Å². The number of nitrogens with two attached hydrogens (primary N) is 1. The summed E-state index contributed by atoms with van der Waals surface area (Å²) in [5.74, 6) is 3.12. The highest BCUT2D eigenvalue weighted by Gasteiger charge is 2.05. The zero-order valence-electron chi connectivity index (χ0n) is 11.6. The van der Waals surface area contributed by atoms with Crippen molar-refractivity contribution >= 4 is 29.3 Å². The number of rotatable bonds is 7. The van der Waals surface area contributed by atoms with Gasteiger partial charge in [-0.3, -0.25) is 0 Å². The second-order valence-electron chi connectivity index (χ2n) is 4.06. The molecule has 0 radical (unpaired) electrons. The Morgan fingerprint density at radius 1 is 1.24 bits per heavy atom. The summed E-state index contributed by atoms with van der Waals surface area (Å²) in [5.41, 5.74) is 6.51. The molecule has 7 nitrogen and oxygen atoms in total. The summed E-state index contributed by atoms with van der Waals surface area (Å²) in [4.78, 5) is 12.4. The first-order chi connectivity index (χ1) is 10.2. The molecule has 1 heterocycles. The van der Waals surface area contributed by atoms with Crippen molar-refractivity contribution in [2.45, 2.75) is 5.75 Å². The predicted molar refractivity (Wildman–Crippen MR) is 83.8 cm³/mol. The molecule has 2 aromatic rings. The van der Waals surface area contributed by atoms with Crippen molar-refractivity contribution < 1.29 is 9.84 Å². The van der Waals surface area contributed by atoms with Crippen LogP contribution in [-0.2, 0) is 5.75 Å². The lowest BCUT2D eigenvalue weighted by Crippen LogP contribution is -2.06. The van der Waals surface area contributed by atoms with Crippen LogP contribution in [0.4, 0.5) is 17.6 Å². The van der Waals surface area contributed by atoms with E-state index in [1.165, 1.54) is 11.8 Å². The van der Waals surface area contributed by atoms with Crippen LogP contribution in [0.1, 0.15) is 5.82 Å². The SMILES string of the molecule is COc1ccc(Nc2nc(N)nc(CSCCO)n2)cc1. The number of thioether (sulfide) groups is 1. The molecule has 2 rings (SSSR count). The first-order valence-electron chi connectivity index (χ1n) is 6.31. The van der Waals surface area contributed by atoms with E-state index in [0.29, 0.717) is 23.3 Å². The summed E-state index contributed by atoms with van der Waals surface area (Å²) >= 11 is 1.53. The van der Waals surface area contributed by atoms with Crippen LogP contribution in [0.3, 0.4) is 0 Å². The van der Waals surface area contributed by atoms with E-state index < -0.39 is 0 Å². The molecule has 8 heteroatoms. The van der Waals surface area contributed by atoms with Crippen LogP contribution < -0.4 is 15.8 Å². The van der Waals surface area contributed by atoms with Crippen molar-refractivity contribution in [2.24, 2.45) is 0 Å². The van der Waals surface area contributed by atoms with E-state index in [9.17, 15) is 0 Å². The average molecular weight is 307 g/mol. The van der Waals surface area contributed by atoms with Gasteiger partial charge in [0.1, 0.15) is 11.6 Å². The second kappa shape index (κ2) is 7.65. The van der Waals surface area contributed by atoms with Crippen molar-refractivity contribution in [3.05, 3.63) is 30.1 Å². The summed E-state index contributed by atoms with van der Waals surface area (Å²) in [6.07, 6.45) is 0. The van der Waals surface area contributed by atoms with Crippen LogP contribution in [0.15, 0.2) is 24.3 Å².